The van der Waals surface area contributed by atoms with E-state index in [1.54, 1.807) is 7.11 Å². The average Bonchev–Trinajstić information content (AvgIpc) is 2.75. The topological polar surface area (TPSA) is 38.5 Å². The Hall–Kier alpha value is -0.120. The number of rotatable bonds is 6. The molecule has 1 aliphatic rings. The van der Waals surface area contributed by atoms with Crippen LogP contribution < -0.4 is 5.73 Å². The summed E-state index contributed by atoms with van der Waals surface area (Å²) < 4.78 is 5.35. The predicted octanol–water partition coefficient (Wildman–Crippen LogP) is 1.61. The van der Waals surface area contributed by atoms with Crippen LogP contribution in [0, 0.1) is 0 Å². The molecule has 0 amide bonds. The first-order valence-corrected chi connectivity index (χ1v) is 6.16. The van der Waals surface area contributed by atoms with E-state index in [0.717, 1.165) is 19.6 Å². The number of nitrogens with two attached hydrogens (primary N) is 1. The van der Waals surface area contributed by atoms with Crippen molar-refractivity contribution in [3.8, 4) is 0 Å². The van der Waals surface area contributed by atoms with Gasteiger partial charge < -0.3 is 10.5 Å². The number of hydrogen-bond acceptors (Lipinski definition) is 3. The number of hydrogen-bond donors (Lipinski definition) is 1. The quantitative estimate of drug-likeness (QED) is 0.730. The molecule has 1 fully saturated rings. The molecule has 0 heterocycles. The van der Waals surface area contributed by atoms with Crippen molar-refractivity contribution in [2.45, 2.75) is 51.2 Å². The molecule has 0 aromatic carbocycles. The summed E-state index contributed by atoms with van der Waals surface area (Å²) in [6.07, 6.45) is 5.47. The fourth-order valence-electron chi connectivity index (χ4n) is 2.73. The maximum atomic E-state index is 5.98. The first-order chi connectivity index (χ1) is 7.18. The van der Waals surface area contributed by atoms with E-state index in [4.69, 9.17) is 10.5 Å². The van der Waals surface area contributed by atoms with E-state index in [1.165, 1.54) is 25.7 Å². The monoisotopic (exact) mass is 214 g/mol. The summed E-state index contributed by atoms with van der Waals surface area (Å²) >= 11 is 0. The molecule has 1 unspecified atom stereocenters. The van der Waals surface area contributed by atoms with Gasteiger partial charge in [0.25, 0.3) is 0 Å². The number of nitrogens with zero attached hydrogens (tertiary/aromatic N) is 1. The summed E-state index contributed by atoms with van der Waals surface area (Å²) in [6.45, 7) is 7.21. The van der Waals surface area contributed by atoms with E-state index < -0.39 is 0 Å². The lowest BCUT2D eigenvalue weighted by Crippen LogP contribution is -2.54. The highest BCUT2D eigenvalue weighted by atomic mass is 16.5. The highest BCUT2D eigenvalue weighted by Crippen LogP contribution is 2.34. The minimum Gasteiger partial charge on any atom is -0.380 e. The van der Waals surface area contributed by atoms with Crippen molar-refractivity contribution in [2.24, 2.45) is 5.73 Å². The van der Waals surface area contributed by atoms with Gasteiger partial charge in [0, 0.05) is 25.7 Å². The Bertz CT molecular complexity index is 178. The predicted molar refractivity (Wildman–Crippen MR) is 64.0 cm³/mol. The van der Waals surface area contributed by atoms with Gasteiger partial charge in [-0.15, -0.1) is 0 Å². The fraction of sp³-hybridized carbons (Fsp3) is 1.00. The summed E-state index contributed by atoms with van der Waals surface area (Å²) in [7, 11) is 1.78. The number of ether oxygens (including phenoxy) is 1. The van der Waals surface area contributed by atoms with Gasteiger partial charge >= 0.3 is 0 Å². The van der Waals surface area contributed by atoms with Crippen molar-refractivity contribution in [1.29, 1.82) is 0 Å². The molecule has 1 saturated carbocycles. The van der Waals surface area contributed by atoms with Gasteiger partial charge in [-0.3, -0.25) is 4.90 Å². The first-order valence-electron chi connectivity index (χ1n) is 6.16. The van der Waals surface area contributed by atoms with Crippen molar-refractivity contribution in [2.75, 3.05) is 26.7 Å². The highest BCUT2D eigenvalue weighted by molar-refractivity contribution is 4.95. The lowest BCUT2D eigenvalue weighted by Gasteiger charge is -2.41. The van der Waals surface area contributed by atoms with Crippen LogP contribution in [0.1, 0.15) is 39.5 Å². The molecule has 0 aromatic rings. The van der Waals surface area contributed by atoms with E-state index in [-0.39, 0.29) is 5.54 Å². The molecule has 0 radical (unpaired) electrons. The smallest absolute Gasteiger partial charge is 0.0670 e. The van der Waals surface area contributed by atoms with Crippen molar-refractivity contribution in [3.05, 3.63) is 0 Å². The minimum absolute atomic E-state index is 0.265. The summed E-state index contributed by atoms with van der Waals surface area (Å²) in [6, 6.07) is 0. The van der Waals surface area contributed by atoms with Gasteiger partial charge in [0.05, 0.1) is 6.10 Å². The zero-order valence-corrected chi connectivity index (χ0v) is 10.5. The summed E-state index contributed by atoms with van der Waals surface area (Å²) in [4.78, 5) is 2.52. The van der Waals surface area contributed by atoms with Crippen molar-refractivity contribution in [3.63, 3.8) is 0 Å². The summed E-state index contributed by atoms with van der Waals surface area (Å²) in [5.41, 5.74) is 6.25. The Morgan fingerprint density at radius 1 is 1.40 bits per heavy atom. The van der Waals surface area contributed by atoms with Gasteiger partial charge in [-0.2, -0.15) is 0 Å². The lowest BCUT2D eigenvalue weighted by atomic mass is 9.94. The third-order valence-corrected chi connectivity index (χ3v) is 3.85. The standard InChI is InChI=1S/C12H26N2O/c1-4-14(9-11(2)15-3)12(10-13)7-5-6-8-12/h11H,4-10,13H2,1-3H3. The largest absolute Gasteiger partial charge is 0.380 e. The molecule has 0 bridgehead atoms. The van der Waals surface area contributed by atoms with Gasteiger partial charge in [-0.25, -0.2) is 0 Å². The van der Waals surface area contributed by atoms with Crippen molar-refractivity contribution < 1.29 is 4.74 Å². The third kappa shape index (κ3) is 2.92. The Balaban J connectivity index is 2.62. The SMILES string of the molecule is CCN(CC(C)OC)C1(CN)CCCC1. The third-order valence-electron chi connectivity index (χ3n) is 3.85. The zero-order chi connectivity index (χ0) is 11.3. The molecule has 2 N–H and O–H groups in total. The maximum Gasteiger partial charge on any atom is 0.0670 e. The Kier molecular flexibility index (Phi) is 5.03. The summed E-state index contributed by atoms with van der Waals surface area (Å²) in [5, 5.41) is 0. The van der Waals surface area contributed by atoms with E-state index in [0.29, 0.717) is 6.10 Å². The summed E-state index contributed by atoms with van der Waals surface area (Å²) in [5.74, 6) is 0. The zero-order valence-electron chi connectivity index (χ0n) is 10.5. The second-order valence-corrected chi connectivity index (χ2v) is 4.72. The first kappa shape index (κ1) is 12.9. The molecular formula is C12H26N2O. The molecule has 0 saturated heterocycles. The molecule has 1 rings (SSSR count). The van der Waals surface area contributed by atoms with Gasteiger partial charge in [-0.1, -0.05) is 19.8 Å². The molecule has 1 aliphatic carbocycles. The van der Waals surface area contributed by atoms with Crippen LogP contribution >= 0.6 is 0 Å². The molecule has 0 aromatic heterocycles. The Morgan fingerprint density at radius 2 is 2.00 bits per heavy atom. The van der Waals surface area contributed by atoms with Gasteiger partial charge in [-0.05, 0) is 26.3 Å². The molecule has 90 valence electrons. The van der Waals surface area contributed by atoms with Crippen LogP contribution in [-0.2, 0) is 4.74 Å². The van der Waals surface area contributed by atoms with E-state index in [2.05, 4.69) is 18.7 Å². The van der Waals surface area contributed by atoms with Crippen LogP contribution in [0.15, 0.2) is 0 Å². The maximum absolute atomic E-state index is 5.98. The Labute approximate surface area is 94.0 Å². The van der Waals surface area contributed by atoms with Gasteiger partial charge in [0.1, 0.15) is 0 Å². The molecule has 0 spiro atoms. The van der Waals surface area contributed by atoms with Crippen LogP contribution in [0.3, 0.4) is 0 Å². The normalized spacial score (nSPS) is 22.2. The molecule has 3 nitrogen and oxygen atoms in total. The van der Waals surface area contributed by atoms with Gasteiger partial charge in [0.2, 0.25) is 0 Å². The van der Waals surface area contributed by atoms with Crippen LogP contribution in [0.4, 0.5) is 0 Å². The number of methoxy groups -OCH3 is 1. The van der Waals surface area contributed by atoms with Crippen LogP contribution in [0.25, 0.3) is 0 Å². The van der Waals surface area contributed by atoms with E-state index >= 15 is 0 Å². The van der Waals surface area contributed by atoms with Gasteiger partial charge in [0.15, 0.2) is 0 Å². The second kappa shape index (κ2) is 5.83. The lowest BCUT2D eigenvalue weighted by molar-refractivity contribution is 0.0276. The minimum atomic E-state index is 0.265. The van der Waals surface area contributed by atoms with Crippen LogP contribution in [-0.4, -0.2) is 43.3 Å². The average molecular weight is 214 g/mol. The van der Waals surface area contributed by atoms with Crippen molar-refractivity contribution >= 4 is 0 Å². The highest BCUT2D eigenvalue weighted by Gasteiger charge is 2.37. The molecule has 0 aliphatic heterocycles. The molecule has 15 heavy (non-hydrogen) atoms. The van der Waals surface area contributed by atoms with Crippen LogP contribution in [0.5, 0.6) is 0 Å². The second-order valence-electron chi connectivity index (χ2n) is 4.72. The van der Waals surface area contributed by atoms with Crippen molar-refractivity contribution in [1.82, 2.24) is 4.90 Å². The molecule has 1 atom stereocenters. The van der Waals surface area contributed by atoms with E-state index in [9.17, 15) is 0 Å². The number of likely N-dealkylation sites (N-methyl/N-ethyl adjacent to an activating group) is 1. The van der Waals surface area contributed by atoms with Crippen LogP contribution in [0.2, 0.25) is 0 Å². The van der Waals surface area contributed by atoms with E-state index in [1.807, 2.05) is 0 Å². The molecule has 3 heteroatoms. The molecular weight excluding hydrogens is 188 g/mol. The fourth-order valence-corrected chi connectivity index (χ4v) is 2.73. The Morgan fingerprint density at radius 3 is 2.40 bits per heavy atom.